The third-order valence-electron chi connectivity index (χ3n) is 3.75. The topological polar surface area (TPSA) is 58.7 Å². The monoisotopic (exact) mass is 307 g/mol. The minimum atomic E-state index is -0.0718. The minimum Gasteiger partial charge on any atom is -0.322 e. The fraction of sp³-hybridized carbons (Fsp3) is 0.385. The molecule has 0 saturated heterocycles. The van der Waals surface area contributed by atoms with Crippen molar-refractivity contribution < 1.29 is 4.79 Å². The second-order valence-electron chi connectivity index (χ2n) is 4.85. The molecule has 1 fully saturated rings. The van der Waals surface area contributed by atoms with Crippen LogP contribution in [-0.2, 0) is 4.79 Å². The Morgan fingerprint density at radius 2 is 2.22 bits per heavy atom. The first kappa shape index (κ1) is 11.7. The Morgan fingerprint density at radius 1 is 1.44 bits per heavy atom. The number of nitrogens with zero attached hydrogens (tertiary/aromatic N) is 2. The van der Waals surface area contributed by atoms with Gasteiger partial charge in [0.15, 0.2) is 5.71 Å². The van der Waals surface area contributed by atoms with Crippen molar-refractivity contribution in [2.75, 3.05) is 11.4 Å². The second-order valence-corrected chi connectivity index (χ2v) is 5.77. The highest BCUT2D eigenvalue weighted by Crippen LogP contribution is 2.35. The summed E-state index contributed by atoms with van der Waals surface area (Å²) >= 11 is 3.41. The smallest absolute Gasteiger partial charge is 0.279 e. The van der Waals surface area contributed by atoms with Gasteiger partial charge in [0.1, 0.15) is 0 Å². The molecule has 1 saturated carbocycles. The summed E-state index contributed by atoms with van der Waals surface area (Å²) in [5, 5.41) is 3.66. The fourth-order valence-electron chi connectivity index (χ4n) is 2.53. The lowest BCUT2D eigenvalue weighted by atomic mass is 9.85. The lowest BCUT2D eigenvalue weighted by Crippen LogP contribution is -2.36. The van der Waals surface area contributed by atoms with E-state index in [4.69, 9.17) is 5.84 Å². The highest BCUT2D eigenvalue weighted by Gasteiger charge is 2.36. The molecule has 1 aliphatic heterocycles. The molecule has 0 atom stereocenters. The molecule has 1 heterocycles. The van der Waals surface area contributed by atoms with E-state index in [-0.39, 0.29) is 5.91 Å². The van der Waals surface area contributed by atoms with Crippen LogP contribution in [0.15, 0.2) is 27.8 Å². The predicted molar refractivity (Wildman–Crippen MR) is 74.6 cm³/mol. The first-order valence-electron chi connectivity index (χ1n) is 6.10. The van der Waals surface area contributed by atoms with Crippen LogP contribution in [0.25, 0.3) is 0 Å². The van der Waals surface area contributed by atoms with Crippen LogP contribution in [0.1, 0.15) is 24.8 Å². The van der Waals surface area contributed by atoms with Crippen molar-refractivity contribution in [1.82, 2.24) is 0 Å². The van der Waals surface area contributed by atoms with Crippen molar-refractivity contribution in [2.24, 2.45) is 16.9 Å². The van der Waals surface area contributed by atoms with E-state index < -0.39 is 0 Å². The number of benzene rings is 1. The van der Waals surface area contributed by atoms with E-state index >= 15 is 0 Å². The van der Waals surface area contributed by atoms with Gasteiger partial charge in [-0.1, -0.05) is 22.4 Å². The standard InChI is InChI=1S/C13H14BrN3O/c14-9-4-5-11-10(6-9)12(16-15)13(18)17(11)7-8-2-1-3-8/h4-6,8H,1-3,7,15H2/b16-12-. The number of rotatable bonds is 2. The number of amides is 1. The molecule has 94 valence electrons. The van der Waals surface area contributed by atoms with Crippen molar-refractivity contribution >= 4 is 33.2 Å². The molecular weight excluding hydrogens is 294 g/mol. The van der Waals surface area contributed by atoms with Gasteiger partial charge in [-0.3, -0.25) is 4.79 Å². The lowest BCUT2D eigenvalue weighted by molar-refractivity contribution is -0.112. The number of carbonyl (C=O) groups is 1. The fourth-order valence-corrected chi connectivity index (χ4v) is 2.89. The molecule has 1 aliphatic carbocycles. The zero-order valence-corrected chi connectivity index (χ0v) is 11.5. The maximum absolute atomic E-state index is 12.3. The van der Waals surface area contributed by atoms with E-state index in [9.17, 15) is 4.79 Å². The molecule has 18 heavy (non-hydrogen) atoms. The molecule has 5 heteroatoms. The molecule has 0 radical (unpaired) electrons. The lowest BCUT2D eigenvalue weighted by Gasteiger charge is -2.30. The molecule has 0 unspecified atom stereocenters. The van der Waals surface area contributed by atoms with E-state index in [1.54, 1.807) is 0 Å². The third kappa shape index (κ3) is 1.73. The average Bonchev–Trinajstić information content (AvgIpc) is 2.55. The Kier molecular flexibility index (Phi) is 2.86. The van der Waals surface area contributed by atoms with Crippen molar-refractivity contribution in [1.29, 1.82) is 0 Å². The number of hydrogen-bond donors (Lipinski definition) is 1. The summed E-state index contributed by atoms with van der Waals surface area (Å²) in [6.07, 6.45) is 3.70. The van der Waals surface area contributed by atoms with Crippen LogP contribution in [0, 0.1) is 5.92 Å². The van der Waals surface area contributed by atoms with Gasteiger partial charge in [-0.2, -0.15) is 5.10 Å². The first-order chi connectivity index (χ1) is 8.70. The van der Waals surface area contributed by atoms with E-state index in [0.29, 0.717) is 11.6 Å². The van der Waals surface area contributed by atoms with Crippen molar-refractivity contribution in [2.45, 2.75) is 19.3 Å². The number of nitrogens with two attached hydrogens (primary N) is 1. The van der Waals surface area contributed by atoms with Gasteiger partial charge in [0.25, 0.3) is 5.91 Å². The molecule has 1 aromatic carbocycles. The number of carbonyl (C=O) groups excluding carboxylic acids is 1. The number of hydrogen-bond acceptors (Lipinski definition) is 3. The van der Waals surface area contributed by atoms with E-state index in [1.165, 1.54) is 19.3 Å². The molecule has 1 aromatic rings. The summed E-state index contributed by atoms with van der Waals surface area (Å²) < 4.78 is 0.931. The second kappa shape index (κ2) is 4.39. The van der Waals surface area contributed by atoms with Gasteiger partial charge in [-0.05, 0) is 37.0 Å². The number of anilines is 1. The van der Waals surface area contributed by atoms with Gasteiger partial charge in [0.2, 0.25) is 0 Å². The van der Waals surface area contributed by atoms with Crippen LogP contribution in [0.2, 0.25) is 0 Å². The number of hydrazone groups is 1. The van der Waals surface area contributed by atoms with Crippen molar-refractivity contribution in [3.05, 3.63) is 28.2 Å². The molecule has 0 spiro atoms. The van der Waals surface area contributed by atoms with Gasteiger partial charge in [0.05, 0.1) is 5.69 Å². The summed E-state index contributed by atoms with van der Waals surface area (Å²) in [6, 6.07) is 5.80. The van der Waals surface area contributed by atoms with E-state index in [2.05, 4.69) is 21.0 Å². The SMILES string of the molecule is N/N=C1\C(=O)N(CC2CCC2)c2ccc(Br)cc21. The van der Waals surface area contributed by atoms with Crippen LogP contribution >= 0.6 is 15.9 Å². The Balaban J connectivity index is 1.99. The molecule has 4 nitrogen and oxygen atoms in total. The number of fused-ring (bicyclic) bond motifs is 1. The highest BCUT2D eigenvalue weighted by atomic mass is 79.9. The largest absolute Gasteiger partial charge is 0.322 e. The Morgan fingerprint density at radius 3 is 2.83 bits per heavy atom. The average molecular weight is 308 g/mol. The van der Waals surface area contributed by atoms with Gasteiger partial charge >= 0.3 is 0 Å². The Labute approximate surface area is 114 Å². The molecule has 0 aromatic heterocycles. The maximum atomic E-state index is 12.3. The van der Waals surface area contributed by atoms with Crippen LogP contribution in [-0.4, -0.2) is 18.2 Å². The van der Waals surface area contributed by atoms with E-state index in [0.717, 1.165) is 22.3 Å². The van der Waals surface area contributed by atoms with Gasteiger partial charge in [-0.15, -0.1) is 0 Å². The number of halogens is 1. The quantitative estimate of drug-likeness (QED) is 0.673. The summed E-state index contributed by atoms with van der Waals surface area (Å²) in [5.41, 5.74) is 2.13. The molecule has 2 N–H and O–H groups in total. The van der Waals surface area contributed by atoms with Crippen LogP contribution < -0.4 is 10.7 Å². The summed E-state index contributed by atoms with van der Waals surface area (Å²) in [6.45, 7) is 0.784. The zero-order valence-electron chi connectivity index (χ0n) is 9.90. The summed E-state index contributed by atoms with van der Waals surface area (Å²) in [7, 11) is 0. The Hall–Kier alpha value is -1.36. The van der Waals surface area contributed by atoms with Crippen molar-refractivity contribution in [3.63, 3.8) is 0 Å². The first-order valence-corrected chi connectivity index (χ1v) is 6.89. The van der Waals surface area contributed by atoms with Gasteiger partial charge < -0.3 is 10.7 Å². The minimum absolute atomic E-state index is 0.0718. The maximum Gasteiger partial charge on any atom is 0.279 e. The Bertz CT molecular complexity index is 537. The van der Waals surface area contributed by atoms with Gasteiger partial charge in [-0.25, -0.2) is 0 Å². The van der Waals surface area contributed by atoms with E-state index in [1.807, 2.05) is 23.1 Å². The highest BCUT2D eigenvalue weighted by molar-refractivity contribution is 9.10. The van der Waals surface area contributed by atoms with Crippen LogP contribution in [0.3, 0.4) is 0 Å². The van der Waals surface area contributed by atoms with Crippen LogP contribution in [0.4, 0.5) is 5.69 Å². The van der Waals surface area contributed by atoms with Gasteiger partial charge in [0, 0.05) is 16.6 Å². The molecular formula is C13H14BrN3O. The summed E-state index contributed by atoms with van der Waals surface area (Å²) in [4.78, 5) is 14.1. The molecule has 3 rings (SSSR count). The van der Waals surface area contributed by atoms with Crippen LogP contribution in [0.5, 0.6) is 0 Å². The summed E-state index contributed by atoms with van der Waals surface area (Å²) in [5.74, 6) is 5.91. The van der Waals surface area contributed by atoms with Crippen molar-refractivity contribution in [3.8, 4) is 0 Å². The molecule has 0 bridgehead atoms. The zero-order chi connectivity index (χ0) is 12.7. The third-order valence-corrected chi connectivity index (χ3v) is 4.24. The molecule has 1 amide bonds. The normalized spacial score (nSPS) is 21.3. The predicted octanol–water partition coefficient (Wildman–Crippen LogP) is 2.26. The molecule has 2 aliphatic rings.